The van der Waals surface area contributed by atoms with Crippen LogP contribution in [0.25, 0.3) is 0 Å². The average molecular weight is 381 g/mol. The summed E-state index contributed by atoms with van der Waals surface area (Å²) in [7, 11) is 0. The van der Waals surface area contributed by atoms with Crippen LogP contribution in [0.3, 0.4) is 0 Å². The van der Waals surface area contributed by atoms with Gasteiger partial charge in [-0.1, -0.05) is 25.9 Å². The monoisotopic (exact) mass is 381 g/mol. The molecule has 2 atom stereocenters. The number of hydrogen-bond acceptors (Lipinski definition) is 5. The summed E-state index contributed by atoms with van der Waals surface area (Å²) in [4.78, 5) is 24.2. The average Bonchev–Trinajstić information content (AvgIpc) is 3.01. The van der Waals surface area contributed by atoms with E-state index in [4.69, 9.17) is 4.52 Å². The molecule has 0 bridgehead atoms. The van der Waals surface area contributed by atoms with Crippen LogP contribution >= 0.6 is 0 Å². The van der Waals surface area contributed by atoms with E-state index >= 15 is 0 Å². The first-order valence-electron chi connectivity index (χ1n) is 8.20. The van der Waals surface area contributed by atoms with Gasteiger partial charge in [0.15, 0.2) is 11.9 Å². The molecule has 1 heterocycles. The number of nitrogens with zero attached hydrogens (tertiary/aromatic N) is 1. The summed E-state index contributed by atoms with van der Waals surface area (Å²) in [6, 6.07) is 2.81. The highest BCUT2D eigenvalue weighted by atomic mass is 19.1. The van der Waals surface area contributed by atoms with E-state index in [1.807, 2.05) is 20.8 Å². The van der Waals surface area contributed by atoms with Gasteiger partial charge in [0.05, 0.1) is 0 Å². The largest absolute Gasteiger partial charge is 0.378 e. The van der Waals surface area contributed by atoms with Crippen LogP contribution in [0, 0.1) is 11.6 Å². The fraction of sp³-hybridized carbons (Fsp3) is 0.389. The Morgan fingerprint density at radius 3 is 2.22 bits per heavy atom. The summed E-state index contributed by atoms with van der Waals surface area (Å²) >= 11 is 0. The molecule has 2 rings (SSSR count). The fourth-order valence-corrected chi connectivity index (χ4v) is 2.16. The number of benzene rings is 1. The van der Waals surface area contributed by atoms with Crippen molar-refractivity contribution in [3.8, 4) is 0 Å². The third kappa shape index (κ3) is 5.33. The molecule has 146 valence electrons. The molecule has 2 unspecified atom stereocenters. The van der Waals surface area contributed by atoms with Gasteiger partial charge in [-0.3, -0.25) is 9.59 Å². The number of aromatic nitrogens is 1. The third-order valence-electron chi connectivity index (χ3n) is 3.70. The molecule has 2 aromatic rings. The Kier molecular flexibility index (Phi) is 5.94. The van der Waals surface area contributed by atoms with Gasteiger partial charge in [-0.05, 0) is 24.6 Å². The molecule has 7 nitrogen and oxygen atoms in total. The van der Waals surface area contributed by atoms with Crippen molar-refractivity contribution >= 4 is 17.6 Å². The minimum atomic E-state index is -1.83. The van der Waals surface area contributed by atoms with E-state index in [1.54, 1.807) is 6.07 Å². The summed E-state index contributed by atoms with van der Waals surface area (Å²) in [5, 5.41) is 18.4. The summed E-state index contributed by atoms with van der Waals surface area (Å²) in [5.74, 6) is -2.68. The summed E-state index contributed by atoms with van der Waals surface area (Å²) in [6.07, 6.45) is -1.83. The molecule has 0 saturated carbocycles. The maximum atomic E-state index is 13.2. The number of carbonyl (C=O) groups is 2. The molecule has 2 amide bonds. The highest BCUT2D eigenvalue weighted by molar-refractivity contribution is 5.96. The van der Waals surface area contributed by atoms with Gasteiger partial charge >= 0.3 is 0 Å². The Bertz CT molecular complexity index is 825. The molecule has 3 N–H and O–H groups in total. The lowest BCUT2D eigenvalue weighted by atomic mass is 9.93. The minimum absolute atomic E-state index is 0.179. The Morgan fingerprint density at radius 2 is 1.70 bits per heavy atom. The molecule has 0 aliphatic carbocycles. The summed E-state index contributed by atoms with van der Waals surface area (Å²) in [5.41, 5.74) is -0.552. The number of anilines is 1. The first-order valence-corrected chi connectivity index (χ1v) is 8.20. The molecular formula is C18H21F2N3O4. The number of nitrogens with one attached hydrogen (secondary N) is 2. The van der Waals surface area contributed by atoms with Crippen molar-refractivity contribution in [1.82, 2.24) is 10.5 Å². The van der Waals surface area contributed by atoms with Gasteiger partial charge in [0.25, 0.3) is 5.91 Å². The fourth-order valence-electron chi connectivity index (χ4n) is 2.16. The molecule has 9 heteroatoms. The molecule has 1 aromatic heterocycles. The van der Waals surface area contributed by atoms with Crippen LogP contribution < -0.4 is 10.6 Å². The molecule has 0 radical (unpaired) electrons. The molecule has 0 aliphatic heterocycles. The predicted molar refractivity (Wildman–Crippen MR) is 92.8 cm³/mol. The molecular weight excluding hydrogens is 360 g/mol. The van der Waals surface area contributed by atoms with Crippen molar-refractivity contribution in [1.29, 1.82) is 0 Å². The zero-order chi connectivity index (χ0) is 20.4. The van der Waals surface area contributed by atoms with Crippen LogP contribution in [0.5, 0.6) is 0 Å². The Labute approximate surface area is 154 Å². The first kappa shape index (κ1) is 20.5. The van der Waals surface area contributed by atoms with Crippen molar-refractivity contribution in [3.05, 3.63) is 47.2 Å². The zero-order valence-electron chi connectivity index (χ0n) is 15.3. The molecule has 0 aliphatic rings. The predicted octanol–water partition coefficient (Wildman–Crippen LogP) is 2.43. The van der Waals surface area contributed by atoms with Crippen molar-refractivity contribution in [3.63, 3.8) is 0 Å². The first-order chi connectivity index (χ1) is 12.5. The van der Waals surface area contributed by atoms with Crippen LogP contribution in [0.2, 0.25) is 0 Å². The second-order valence-corrected chi connectivity index (χ2v) is 7.15. The molecule has 0 fully saturated rings. The SMILES string of the molecule is CC(NC(=O)C(O)c1cc(F)cc(F)c1)C(=O)Nc1cc(C(C)(C)C)on1. The highest BCUT2D eigenvalue weighted by Gasteiger charge is 2.25. The van der Waals surface area contributed by atoms with E-state index in [-0.39, 0.29) is 16.8 Å². The van der Waals surface area contributed by atoms with Gasteiger partial charge in [0.1, 0.15) is 23.4 Å². The van der Waals surface area contributed by atoms with Gasteiger partial charge in [0, 0.05) is 17.5 Å². The number of hydrogen-bond donors (Lipinski definition) is 3. The molecule has 27 heavy (non-hydrogen) atoms. The van der Waals surface area contributed by atoms with Gasteiger partial charge in [0.2, 0.25) is 5.91 Å². The molecule has 0 saturated heterocycles. The van der Waals surface area contributed by atoms with Crippen molar-refractivity contribution < 1.29 is 28.0 Å². The van der Waals surface area contributed by atoms with Crippen LogP contribution in [-0.2, 0) is 15.0 Å². The van der Waals surface area contributed by atoms with E-state index < -0.39 is 35.6 Å². The minimum Gasteiger partial charge on any atom is -0.378 e. The summed E-state index contributed by atoms with van der Waals surface area (Å²) < 4.78 is 31.6. The number of halogens is 2. The second kappa shape index (κ2) is 7.83. The molecule has 1 aromatic carbocycles. The number of aliphatic hydroxyl groups is 1. The third-order valence-corrected chi connectivity index (χ3v) is 3.70. The van der Waals surface area contributed by atoms with Gasteiger partial charge in [-0.15, -0.1) is 0 Å². The van der Waals surface area contributed by atoms with Crippen LogP contribution in [0.1, 0.15) is 45.1 Å². The maximum Gasteiger partial charge on any atom is 0.254 e. The quantitative estimate of drug-likeness (QED) is 0.738. The normalized spacial score (nSPS) is 13.7. The number of rotatable bonds is 5. The van der Waals surface area contributed by atoms with Crippen LogP contribution in [0.15, 0.2) is 28.8 Å². The van der Waals surface area contributed by atoms with E-state index in [2.05, 4.69) is 15.8 Å². The van der Waals surface area contributed by atoms with Crippen LogP contribution in [0.4, 0.5) is 14.6 Å². The molecule has 0 spiro atoms. The second-order valence-electron chi connectivity index (χ2n) is 7.15. The smallest absolute Gasteiger partial charge is 0.254 e. The van der Waals surface area contributed by atoms with Gasteiger partial charge < -0.3 is 20.3 Å². The number of aliphatic hydroxyl groups excluding tert-OH is 1. The lowest BCUT2D eigenvalue weighted by molar-refractivity contribution is -0.132. The van der Waals surface area contributed by atoms with Crippen molar-refractivity contribution in [2.75, 3.05) is 5.32 Å². The Hall–Kier alpha value is -2.81. The standard InChI is InChI=1S/C18H21F2N3O4/c1-9(16(25)22-14-8-13(27-23-14)18(2,3)4)21-17(26)15(24)10-5-11(19)7-12(20)6-10/h5-9,15,24H,1-4H3,(H,21,26)(H,22,23,25). The topological polar surface area (TPSA) is 104 Å². The maximum absolute atomic E-state index is 13.2. The lowest BCUT2D eigenvalue weighted by Gasteiger charge is -2.16. The zero-order valence-corrected chi connectivity index (χ0v) is 15.3. The van der Waals surface area contributed by atoms with E-state index in [0.717, 1.165) is 12.1 Å². The number of carbonyl (C=O) groups excluding carboxylic acids is 2. The Balaban J connectivity index is 1.98. The lowest BCUT2D eigenvalue weighted by Crippen LogP contribution is -2.43. The van der Waals surface area contributed by atoms with Crippen molar-refractivity contribution in [2.24, 2.45) is 0 Å². The van der Waals surface area contributed by atoms with E-state index in [1.165, 1.54) is 6.92 Å². The highest BCUT2D eigenvalue weighted by Crippen LogP contribution is 2.24. The summed E-state index contributed by atoms with van der Waals surface area (Å²) in [6.45, 7) is 7.13. The Morgan fingerprint density at radius 1 is 1.11 bits per heavy atom. The van der Waals surface area contributed by atoms with Crippen LogP contribution in [-0.4, -0.2) is 28.1 Å². The van der Waals surface area contributed by atoms with E-state index in [0.29, 0.717) is 11.8 Å². The van der Waals surface area contributed by atoms with Gasteiger partial charge in [-0.2, -0.15) is 0 Å². The van der Waals surface area contributed by atoms with Crippen molar-refractivity contribution in [2.45, 2.75) is 45.3 Å². The van der Waals surface area contributed by atoms with Gasteiger partial charge in [-0.25, -0.2) is 8.78 Å². The number of amides is 2. The van der Waals surface area contributed by atoms with E-state index in [9.17, 15) is 23.5 Å².